The van der Waals surface area contributed by atoms with E-state index < -0.39 is 0 Å². The maximum absolute atomic E-state index is 5.64. The van der Waals surface area contributed by atoms with Crippen LogP contribution in [0.25, 0.3) is 0 Å². The van der Waals surface area contributed by atoms with Gasteiger partial charge in [0, 0.05) is 26.2 Å². The summed E-state index contributed by atoms with van der Waals surface area (Å²) in [5.41, 5.74) is 1.61. The fourth-order valence-electron chi connectivity index (χ4n) is 3.01. The molecule has 120 valence electrons. The minimum Gasteiger partial charge on any atom is -0.378 e. The SMILES string of the molecule is CCNC(=NCCC1CCCO1)NCCC1=CCCCC1. The highest BCUT2D eigenvalue weighted by Gasteiger charge is 2.14. The Hall–Kier alpha value is -1.03. The number of guanidine groups is 1. The molecule has 0 saturated carbocycles. The molecule has 1 heterocycles. The maximum Gasteiger partial charge on any atom is 0.191 e. The van der Waals surface area contributed by atoms with E-state index >= 15 is 0 Å². The summed E-state index contributed by atoms with van der Waals surface area (Å²) >= 11 is 0. The van der Waals surface area contributed by atoms with Crippen LogP contribution in [0.15, 0.2) is 16.6 Å². The zero-order valence-electron chi connectivity index (χ0n) is 13.5. The largest absolute Gasteiger partial charge is 0.378 e. The lowest BCUT2D eigenvalue weighted by Crippen LogP contribution is -2.38. The summed E-state index contributed by atoms with van der Waals surface area (Å²) in [6.45, 7) is 5.79. The molecule has 0 aromatic carbocycles. The second kappa shape index (κ2) is 9.82. The van der Waals surface area contributed by atoms with Gasteiger partial charge in [-0.25, -0.2) is 0 Å². The molecule has 1 aliphatic heterocycles. The van der Waals surface area contributed by atoms with E-state index in [4.69, 9.17) is 4.74 Å². The summed E-state index contributed by atoms with van der Waals surface area (Å²) in [4.78, 5) is 4.65. The fraction of sp³-hybridized carbons (Fsp3) is 0.824. The first kappa shape index (κ1) is 16.3. The van der Waals surface area contributed by atoms with E-state index in [-0.39, 0.29) is 0 Å². The Bertz CT molecular complexity index is 346. The van der Waals surface area contributed by atoms with Crippen molar-refractivity contribution in [3.05, 3.63) is 11.6 Å². The molecule has 4 heteroatoms. The van der Waals surface area contributed by atoms with Gasteiger partial charge in [-0.3, -0.25) is 4.99 Å². The number of nitrogens with zero attached hydrogens (tertiary/aromatic N) is 1. The topological polar surface area (TPSA) is 45.7 Å². The van der Waals surface area contributed by atoms with Crippen LogP contribution in [0.2, 0.25) is 0 Å². The standard InChI is InChI=1S/C17H31N3O/c1-2-18-17(20-13-11-16-9-6-14-21-16)19-12-10-15-7-4-3-5-8-15/h7,16H,2-6,8-14H2,1H3,(H2,18,19,20). The molecule has 21 heavy (non-hydrogen) atoms. The predicted octanol–water partition coefficient (Wildman–Crippen LogP) is 3.00. The molecular formula is C17H31N3O. The Morgan fingerprint density at radius 2 is 2.29 bits per heavy atom. The Kier molecular flexibility index (Phi) is 7.65. The third-order valence-electron chi connectivity index (χ3n) is 4.21. The van der Waals surface area contributed by atoms with Crippen molar-refractivity contribution >= 4 is 5.96 Å². The number of hydrogen-bond donors (Lipinski definition) is 2. The van der Waals surface area contributed by atoms with Gasteiger partial charge in [0.25, 0.3) is 0 Å². The van der Waals surface area contributed by atoms with E-state index in [0.29, 0.717) is 6.10 Å². The van der Waals surface area contributed by atoms with Crippen LogP contribution in [0.1, 0.15) is 58.3 Å². The fourth-order valence-corrected chi connectivity index (χ4v) is 3.01. The Labute approximate surface area is 129 Å². The molecule has 0 bridgehead atoms. The highest BCUT2D eigenvalue weighted by atomic mass is 16.5. The molecule has 0 aromatic heterocycles. The summed E-state index contributed by atoms with van der Waals surface area (Å²) in [5, 5.41) is 6.77. The molecule has 1 unspecified atom stereocenters. The third-order valence-corrected chi connectivity index (χ3v) is 4.21. The Morgan fingerprint density at radius 3 is 3.00 bits per heavy atom. The van der Waals surface area contributed by atoms with Crippen LogP contribution < -0.4 is 10.6 Å². The van der Waals surface area contributed by atoms with Crippen molar-refractivity contribution in [2.45, 2.75) is 64.4 Å². The highest BCUT2D eigenvalue weighted by Crippen LogP contribution is 2.19. The molecule has 0 amide bonds. The van der Waals surface area contributed by atoms with Crippen LogP contribution in [-0.2, 0) is 4.74 Å². The van der Waals surface area contributed by atoms with Gasteiger partial charge in [-0.15, -0.1) is 0 Å². The molecule has 0 spiro atoms. The number of ether oxygens (including phenoxy) is 1. The van der Waals surface area contributed by atoms with Crippen LogP contribution in [0.5, 0.6) is 0 Å². The van der Waals surface area contributed by atoms with Crippen molar-refractivity contribution in [2.75, 3.05) is 26.2 Å². The lowest BCUT2D eigenvalue weighted by molar-refractivity contribution is 0.106. The Morgan fingerprint density at radius 1 is 1.33 bits per heavy atom. The molecule has 4 nitrogen and oxygen atoms in total. The molecule has 1 fully saturated rings. The zero-order valence-corrected chi connectivity index (χ0v) is 13.5. The molecule has 1 atom stereocenters. The van der Waals surface area contributed by atoms with Crippen molar-refractivity contribution in [1.29, 1.82) is 0 Å². The summed E-state index contributed by atoms with van der Waals surface area (Å²) in [5.74, 6) is 0.951. The van der Waals surface area contributed by atoms with Crippen LogP contribution in [-0.4, -0.2) is 38.3 Å². The summed E-state index contributed by atoms with van der Waals surface area (Å²) in [7, 11) is 0. The van der Waals surface area contributed by atoms with Gasteiger partial charge in [-0.2, -0.15) is 0 Å². The summed E-state index contributed by atoms with van der Waals surface area (Å²) in [6.07, 6.45) is 12.7. The highest BCUT2D eigenvalue weighted by molar-refractivity contribution is 5.79. The van der Waals surface area contributed by atoms with E-state index in [0.717, 1.165) is 45.0 Å². The van der Waals surface area contributed by atoms with Gasteiger partial charge in [-0.05, 0) is 58.3 Å². The van der Waals surface area contributed by atoms with Gasteiger partial charge in [0.2, 0.25) is 0 Å². The molecule has 0 radical (unpaired) electrons. The van der Waals surface area contributed by atoms with Crippen LogP contribution in [0.4, 0.5) is 0 Å². The lowest BCUT2D eigenvalue weighted by atomic mass is 9.97. The molecule has 2 aliphatic rings. The number of rotatable bonds is 7. The molecule has 1 aliphatic carbocycles. The van der Waals surface area contributed by atoms with Crippen molar-refractivity contribution in [3.8, 4) is 0 Å². The third kappa shape index (κ3) is 6.51. The van der Waals surface area contributed by atoms with Gasteiger partial charge in [0.05, 0.1) is 6.10 Å². The minimum absolute atomic E-state index is 0.434. The maximum atomic E-state index is 5.64. The number of hydrogen-bond acceptors (Lipinski definition) is 2. The first-order chi connectivity index (χ1) is 10.4. The van der Waals surface area contributed by atoms with Crippen molar-refractivity contribution < 1.29 is 4.74 Å². The average molecular weight is 293 g/mol. The van der Waals surface area contributed by atoms with Crippen molar-refractivity contribution in [1.82, 2.24) is 10.6 Å². The molecular weight excluding hydrogens is 262 g/mol. The smallest absolute Gasteiger partial charge is 0.191 e. The molecule has 0 aromatic rings. The minimum atomic E-state index is 0.434. The summed E-state index contributed by atoms with van der Waals surface area (Å²) < 4.78 is 5.64. The molecule has 1 saturated heterocycles. The van der Waals surface area contributed by atoms with E-state index in [1.54, 1.807) is 5.57 Å². The first-order valence-corrected chi connectivity index (χ1v) is 8.70. The number of nitrogens with one attached hydrogen (secondary N) is 2. The van der Waals surface area contributed by atoms with Gasteiger partial charge in [-0.1, -0.05) is 11.6 Å². The predicted molar refractivity (Wildman–Crippen MR) is 88.7 cm³/mol. The van der Waals surface area contributed by atoms with E-state index in [1.807, 2.05) is 0 Å². The van der Waals surface area contributed by atoms with Crippen molar-refractivity contribution in [3.63, 3.8) is 0 Å². The van der Waals surface area contributed by atoms with Crippen molar-refractivity contribution in [2.24, 2.45) is 4.99 Å². The van der Waals surface area contributed by atoms with Crippen LogP contribution in [0, 0.1) is 0 Å². The van der Waals surface area contributed by atoms with E-state index in [1.165, 1.54) is 38.5 Å². The van der Waals surface area contributed by atoms with E-state index in [2.05, 4.69) is 28.6 Å². The lowest BCUT2D eigenvalue weighted by Gasteiger charge is -2.15. The van der Waals surface area contributed by atoms with Gasteiger partial charge >= 0.3 is 0 Å². The first-order valence-electron chi connectivity index (χ1n) is 8.70. The van der Waals surface area contributed by atoms with Gasteiger partial charge in [0.1, 0.15) is 0 Å². The van der Waals surface area contributed by atoms with Gasteiger partial charge < -0.3 is 15.4 Å². The Balaban J connectivity index is 1.65. The average Bonchev–Trinajstić information content (AvgIpc) is 3.02. The summed E-state index contributed by atoms with van der Waals surface area (Å²) in [6, 6.07) is 0. The van der Waals surface area contributed by atoms with Gasteiger partial charge in [0.15, 0.2) is 5.96 Å². The second-order valence-electron chi connectivity index (χ2n) is 5.97. The number of aliphatic imine (C=N–C) groups is 1. The monoisotopic (exact) mass is 293 g/mol. The molecule has 2 rings (SSSR count). The van der Waals surface area contributed by atoms with Crippen LogP contribution in [0.3, 0.4) is 0 Å². The van der Waals surface area contributed by atoms with E-state index in [9.17, 15) is 0 Å². The quantitative estimate of drug-likeness (QED) is 0.431. The number of allylic oxidation sites excluding steroid dienone is 1. The van der Waals surface area contributed by atoms with Crippen LogP contribution >= 0.6 is 0 Å². The second-order valence-corrected chi connectivity index (χ2v) is 5.97. The zero-order chi connectivity index (χ0) is 14.8. The molecule has 2 N–H and O–H groups in total. The normalized spacial score (nSPS) is 23.0.